The summed E-state index contributed by atoms with van der Waals surface area (Å²) in [5.41, 5.74) is 7.95. The maximum atomic E-state index is 10.7. The minimum absolute atomic E-state index is 0.180. The fraction of sp³-hybridized carbons (Fsp3) is 0.364. The maximum Gasteiger partial charge on any atom is 0.491 e. The third kappa shape index (κ3) is 2.33. The molecule has 5 nitrogen and oxygen atoms in total. The first-order valence-corrected chi connectivity index (χ1v) is 5.43. The highest BCUT2D eigenvalue weighted by molar-refractivity contribution is 6.61. The van der Waals surface area contributed by atoms with Crippen molar-refractivity contribution >= 4 is 18.6 Å². The predicted octanol–water partition coefficient (Wildman–Crippen LogP) is -0.580. The maximum absolute atomic E-state index is 10.7. The molecule has 4 N–H and O–H groups in total. The van der Waals surface area contributed by atoms with Crippen LogP contribution in [0.15, 0.2) is 18.2 Å². The van der Waals surface area contributed by atoms with E-state index in [-0.39, 0.29) is 12.5 Å². The number of aliphatic carboxylic acids is 1. The van der Waals surface area contributed by atoms with Gasteiger partial charge in [-0.25, -0.2) is 0 Å². The van der Waals surface area contributed by atoms with Gasteiger partial charge in [-0.15, -0.1) is 0 Å². The molecule has 0 saturated heterocycles. The van der Waals surface area contributed by atoms with Crippen LogP contribution < -0.4 is 11.2 Å². The topological polar surface area (TPSA) is 92.8 Å². The summed E-state index contributed by atoms with van der Waals surface area (Å²) in [6.07, 6.45) is 0.0896. The van der Waals surface area contributed by atoms with Gasteiger partial charge in [0.15, 0.2) is 0 Å². The number of carboxylic acids is 1. The van der Waals surface area contributed by atoms with Crippen molar-refractivity contribution in [3.8, 4) is 0 Å². The van der Waals surface area contributed by atoms with Crippen molar-refractivity contribution in [2.75, 3.05) is 0 Å². The van der Waals surface area contributed by atoms with Gasteiger partial charge in [-0.3, -0.25) is 4.79 Å². The molecule has 90 valence electrons. The van der Waals surface area contributed by atoms with Gasteiger partial charge in [-0.2, -0.15) is 0 Å². The van der Waals surface area contributed by atoms with Crippen LogP contribution in [-0.4, -0.2) is 29.3 Å². The molecule has 0 fully saturated rings. The van der Waals surface area contributed by atoms with Crippen molar-refractivity contribution in [2.24, 2.45) is 5.73 Å². The molecule has 17 heavy (non-hydrogen) atoms. The van der Waals surface area contributed by atoms with Crippen molar-refractivity contribution in [1.82, 2.24) is 0 Å². The van der Waals surface area contributed by atoms with Crippen LogP contribution >= 0.6 is 0 Å². The first-order chi connectivity index (χ1) is 7.99. The van der Waals surface area contributed by atoms with E-state index in [4.69, 9.17) is 15.5 Å². The standard InChI is InChI=1S/C11H14BNO4/c1-6-8-4-7(5-10(13)11(14)15)2-3-9(8)12(16)17-6/h2-4,6,10,16H,5,13H2,1H3,(H,14,15)/t6?,10-/m0/s1. The van der Waals surface area contributed by atoms with Gasteiger partial charge in [0.05, 0.1) is 6.10 Å². The molecule has 1 aliphatic heterocycles. The van der Waals surface area contributed by atoms with Gasteiger partial charge in [0, 0.05) is 0 Å². The number of hydrogen-bond donors (Lipinski definition) is 3. The smallest absolute Gasteiger partial charge is 0.480 e. The van der Waals surface area contributed by atoms with E-state index >= 15 is 0 Å². The Morgan fingerprint density at radius 3 is 3.00 bits per heavy atom. The zero-order valence-corrected chi connectivity index (χ0v) is 9.46. The number of carboxylic acid groups (broad SMARTS) is 1. The SMILES string of the molecule is CC1OB(O)c2ccc(C[C@H](N)C(=O)O)cc21. The van der Waals surface area contributed by atoms with E-state index in [1.165, 1.54) is 0 Å². The van der Waals surface area contributed by atoms with Crippen LogP contribution in [0.2, 0.25) is 0 Å². The van der Waals surface area contributed by atoms with Gasteiger partial charge < -0.3 is 20.5 Å². The lowest BCUT2D eigenvalue weighted by atomic mass is 9.78. The van der Waals surface area contributed by atoms with E-state index in [0.717, 1.165) is 16.6 Å². The minimum Gasteiger partial charge on any atom is -0.480 e. The fourth-order valence-electron chi connectivity index (χ4n) is 2.01. The van der Waals surface area contributed by atoms with Crippen molar-refractivity contribution in [1.29, 1.82) is 0 Å². The number of nitrogens with two attached hydrogens (primary N) is 1. The monoisotopic (exact) mass is 235 g/mol. The van der Waals surface area contributed by atoms with E-state index in [0.29, 0.717) is 0 Å². The molecule has 1 heterocycles. The number of benzene rings is 1. The van der Waals surface area contributed by atoms with Gasteiger partial charge in [-0.1, -0.05) is 18.2 Å². The molecule has 6 heteroatoms. The zero-order chi connectivity index (χ0) is 12.6. The first-order valence-electron chi connectivity index (χ1n) is 5.43. The summed E-state index contributed by atoms with van der Waals surface area (Å²) >= 11 is 0. The second-order valence-corrected chi connectivity index (χ2v) is 4.24. The number of rotatable bonds is 3. The van der Waals surface area contributed by atoms with Gasteiger partial charge in [-0.05, 0) is 29.9 Å². The van der Waals surface area contributed by atoms with Crippen LogP contribution in [0, 0.1) is 0 Å². The quantitative estimate of drug-likeness (QED) is 0.609. The van der Waals surface area contributed by atoms with E-state index in [1.807, 2.05) is 13.0 Å². The summed E-state index contributed by atoms with van der Waals surface area (Å²) in [6, 6.07) is 4.47. The fourth-order valence-corrected chi connectivity index (χ4v) is 2.01. The van der Waals surface area contributed by atoms with Crippen LogP contribution in [0.5, 0.6) is 0 Å². The molecule has 0 bridgehead atoms. The third-order valence-corrected chi connectivity index (χ3v) is 2.96. The molecular formula is C11H14BNO4. The van der Waals surface area contributed by atoms with E-state index in [1.54, 1.807) is 12.1 Å². The highest BCUT2D eigenvalue weighted by Gasteiger charge is 2.32. The summed E-state index contributed by atoms with van der Waals surface area (Å²) in [5, 5.41) is 18.3. The molecule has 1 unspecified atom stereocenters. The van der Waals surface area contributed by atoms with Crippen molar-refractivity contribution < 1.29 is 19.6 Å². The Morgan fingerprint density at radius 2 is 2.35 bits per heavy atom. The number of hydrogen-bond acceptors (Lipinski definition) is 4. The van der Waals surface area contributed by atoms with Gasteiger partial charge in [0.1, 0.15) is 6.04 Å². The van der Waals surface area contributed by atoms with E-state index in [9.17, 15) is 9.82 Å². The minimum atomic E-state index is -1.02. The molecule has 0 spiro atoms. The Bertz CT molecular complexity index is 451. The molecule has 0 aliphatic carbocycles. The van der Waals surface area contributed by atoms with Crippen molar-refractivity contribution in [3.63, 3.8) is 0 Å². The molecular weight excluding hydrogens is 221 g/mol. The molecule has 0 aromatic heterocycles. The van der Waals surface area contributed by atoms with Gasteiger partial charge in [0.2, 0.25) is 0 Å². The molecule has 0 saturated carbocycles. The van der Waals surface area contributed by atoms with Crippen LogP contribution in [-0.2, 0) is 15.9 Å². The average Bonchev–Trinajstić information content (AvgIpc) is 2.54. The Kier molecular flexibility index (Phi) is 3.19. The highest BCUT2D eigenvalue weighted by atomic mass is 16.5. The van der Waals surface area contributed by atoms with E-state index < -0.39 is 19.1 Å². The Labute approximate surface area is 99.3 Å². The van der Waals surface area contributed by atoms with Crippen LogP contribution in [0.1, 0.15) is 24.2 Å². The lowest BCUT2D eigenvalue weighted by molar-refractivity contribution is -0.138. The lowest BCUT2D eigenvalue weighted by Crippen LogP contribution is -2.32. The van der Waals surface area contributed by atoms with Gasteiger partial charge in [0.25, 0.3) is 0 Å². The molecule has 0 amide bonds. The molecule has 1 aromatic carbocycles. The van der Waals surface area contributed by atoms with Crippen molar-refractivity contribution in [3.05, 3.63) is 29.3 Å². The molecule has 2 atom stereocenters. The molecule has 0 radical (unpaired) electrons. The molecule has 2 rings (SSSR count). The second kappa shape index (κ2) is 4.48. The number of fused-ring (bicyclic) bond motifs is 1. The third-order valence-electron chi connectivity index (χ3n) is 2.96. The van der Waals surface area contributed by atoms with E-state index in [2.05, 4.69) is 0 Å². The zero-order valence-electron chi connectivity index (χ0n) is 9.46. The molecule has 1 aromatic rings. The van der Waals surface area contributed by atoms with Crippen LogP contribution in [0.25, 0.3) is 0 Å². The number of carbonyl (C=O) groups is 1. The highest BCUT2D eigenvalue weighted by Crippen LogP contribution is 2.23. The largest absolute Gasteiger partial charge is 0.491 e. The first kappa shape index (κ1) is 12.1. The Balaban J connectivity index is 2.23. The second-order valence-electron chi connectivity index (χ2n) is 4.24. The summed E-state index contributed by atoms with van der Waals surface area (Å²) in [5.74, 6) is -1.02. The van der Waals surface area contributed by atoms with Gasteiger partial charge >= 0.3 is 13.1 Å². The van der Waals surface area contributed by atoms with Crippen molar-refractivity contribution in [2.45, 2.75) is 25.5 Å². The predicted molar refractivity (Wildman–Crippen MR) is 62.9 cm³/mol. The van der Waals surface area contributed by atoms with Crippen LogP contribution in [0.4, 0.5) is 0 Å². The lowest BCUT2D eigenvalue weighted by Gasteiger charge is -2.09. The Morgan fingerprint density at radius 1 is 1.65 bits per heavy atom. The summed E-state index contributed by atoms with van der Waals surface area (Å²) in [4.78, 5) is 10.7. The summed E-state index contributed by atoms with van der Waals surface area (Å²) in [7, 11) is -0.887. The van der Waals surface area contributed by atoms with Crippen LogP contribution in [0.3, 0.4) is 0 Å². The normalized spacial score (nSPS) is 20.2. The summed E-state index contributed by atoms with van der Waals surface area (Å²) < 4.78 is 5.25. The average molecular weight is 235 g/mol. The molecule has 1 aliphatic rings. The Hall–Kier alpha value is -1.37. The summed E-state index contributed by atoms with van der Waals surface area (Å²) in [6.45, 7) is 1.84.